The lowest BCUT2D eigenvalue weighted by Crippen LogP contribution is -2.25. The van der Waals surface area contributed by atoms with Crippen LogP contribution in [-0.2, 0) is 0 Å². The van der Waals surface area contributed by atoms with Crippen LogP contribution in [0.4, 0.5) is 0 Å². The lowest BCUT2D eigenvalue weighted by atomic mass is 10.0. The zero-order chi connectivity index (χ0) is 11.4. The first kappa shape index (κ1) is 12.0. The van der Waals surface area contributed by atoms with Crippen molar-refractivity contribution in [2.75, 3.05) is 14.1 Å². The Hall–Kier alpha value is -1.09. The summed E-state index contributed by atoms with van der Waals surface area (Å²) in [6, 6.07) is 7.99. The molecular weight excluding hydrogens is 206 g/mol. The SMILES string of the molecule is CC(C)c1ccccc1OC(=S)N(C)C. The number of ether oxygens (including phenoxy) is 1. The Bertz CT molecular complexity index is 347. The molecule has 1 aromatic rings. The van der Waals surface area contributed by atoms with Crippen molar-refractivity contribution in [2.24, 2.45) is 0 Å². The fraction of sp³-hybridized carbons (Fsp3) is 0.417. The molecule has 1 aromatic carbocycles. The van der Waals surface area contributed by atoms with Crippen LogP contribution in [0, 0.1) is 0 Å². The number of hydrogen-bond donors (Lipinski definition) is 0. The molecule has 0 amide bonds. The molecule has 0 aromatic heterocycles. The third-order valence-corrected chi connectivity index (χ3v) is 2.55. The molecule has 0 atom stereocenters. The average molecular weight is 223 g/mol. The number of rotatable bonds is 2. The van der Waals surface area contributed by atoms with Gasteiger partial charge in [-0.2, -0.15) is 0 Å². The third-order valence-electron chi connectivity index (χ3n) is 2.10. The Kier molecular flexibility index (Phi) is 4.09. The van der Waals surface area contributed by atoms with Crippen LogP contribution in [0.25, 0.3) is 0 Å². The molecule has 0 fully saturated rings. The summed E-state index contributed by atoms with van der Waals surface area (Å²) in [4.78, 5) is 1.78. The molecule has 0 radical (unpaired) electrons. The molecule has 2 nitrogen and oxygen atoms in total. The van der Waals surface area contributed by atoms with Crippen LogP contribution in [0.3, 0.4) is 0 Å². The molecule has 0 bridgehead atoms. The van der Waals surface area contributed by atoms with Gasteiger partial charge in [-0.15, -0.1) is 0 Å². The van der Waals surface area contributed by atoms with E-state index in [0.717, 1.165) is 5.75 Å². The predicted octanol–water partition coefficient (Wildman–Crippen LogP) is 3.04. The first-order chi connectivity index (χ1) is 7.02. The van der Waals surface area contributed by atoms with E-state index >= 15 is 0 Å². The van der Waals surface area contributed by atoms with Gasteiger partial charge in [0.1, 0.15) is 5.75 Å². The van der Waals surface area contributed by atoms with Gasteiger partial charge in [-0.1, -0.05) is 32.0 Å². The number of benzene rings is 1. The van der Waals surface area contributed by atoms with Crippen molar-refractivity contribution in [2.45, 2.75) is 19.8 Å². The van der Waals surface area contributed by atoms with Crippen LogP contribution >= 0.6 is 12.2 Å². The highest BCUT2D eigenvalue weighted by atomic mass is 32.1. The number of hydrogen-bond acceptors (Lipinski definition) is 2. The lowest BCUT2D eigenvalue weighted by Gasteiger charge is -2.17. The van der Waals surface area contributed by atoms with Crippen LogP contribution in [0.5, 0.6) is 5.75 Å². The van der Waals surface area contributed by atoms with Crippen molar-refractivity contribution in [3.8, 4) is 5.75 Å². The van der Waals surface area contributed by atoms with Crippen molar-refractivity contribution in [3.63, 3.8) is 0 Å². The molecule has 0 aliphatic rings. The van der Waals surface area contributed by atoms with Crippen molar-refractivity contribution in [1.29, 1.82) is 0 Å². The third kappa shape index (κ3) is 3.20. The van der Waals surface area contributed by atoms with Gasteiger partial charge in [0.2, 0.25) is 0 Å². The molecular formula is C12H17NOS. The van der Waals surface area contributed by atoms with Gasteiger partial charge in [0.25, 0.3) is 5.17 Å². The molecule has 0 N–H and O–H groups in total. The maximum atomic E-state index is 5.63. The zero-order valence-electron chi connectivity index (χ0n) is 9.65. The summed E-state index contributed by atoms with van der Waals surface area (Å²) in [6.07, 6.45) is 0. The molecule has 0 spiro atoms. The number of thiocarbonyl (C=S) groups is 1. The molecule has 0 saturated carbocycles. The molecule has 3 heteroatoms. The number of para-hydroxylation sites is 1. The fourth-order valence-electron chi connectivity index (χ4n) is 1.24. The fourth-order valence-corrected chi connectivity index (χ4v) is 1.33. The maximum Gasteiger partial charge on any atom is 0.264 e. The van der Waals surface area contributed by atoms with Crippen molar-refractivity contribution in [1.82, 2.24) is 4.90 Å². The molecule has 0 aliphatic carbocycles. The second-order valence-corrected chi connectivity index (χ2v) is 4.30. The van der Waals surface area contributed by atoms with E-state index in [-0.39, 0.29) is 0 Å². The largest absolute Gasteiger partial charge is 0.431 e. The van der Waals surface area contributed by atoms with Gasteiger partial charge >= 0.3 is 0 Å². The van der Waals surface area contributed by atoms with Crippen LogP contribution < -0.4 is 4.74 Å². The molecule has 82 valence electrons. The zero-order valence-corrected chi connectivity index (χ0v) is 10.5. The summed E-state index contributed by atoms with van der Waals surface area (Å²) in [5, 5.41) is 0.489. The topological polar surface area (TPSA) is 12.5 Å². The van der Waals surface area contributed by atoms with Gasteiger partial charge in [0.05, 0.1) is 0 Å². The predicted molar refractivity (Wildman–Crippen MR) is 67.4 cm³/mol. The molecule has 1 rings (SSSR count). The Morgan fingerprint density at radius 1 is 1.27 bits per heavy atom. The second-order valence-electron chi connectivity index (χ2n) is 3.95. The highest BCUT2D eigenvalue weighted by molar-refractivity contribution is 7.80. The van der Waals surface area contributed by atoms with E-state index < -0.39 is 0 Å². The van der Waals surface area contributed by atoms with Crippen LogP contribution in [0.15, 0.2) is 24.3 Å². The summed E-state index contributed by atoms with van der Waals surface area (Å²) < 4.78 is 5.63. The van der Waals surface area contributed by atoms with Crippen molar-refractivity contribution >= 4 is 17.4 Å². The first-order valence-electron chi connectivity index (χ1n) is 5.00. The van der Waals surface area contributed by atoms with Gasteiger partial charge in [0.15, 0.2) is 0 Å². The Morgan fingerprint density at radius 3 is 2.40 bits per heavy atom. The van der Waals surface area contributed by atoms with Crippen molar-refractivity contribution < 1.29 is 4.74 Å². The summed E-state index contributed by atoms with van der Waals surface area (Å²) in [6.45, 7) is 4.28. The minimum Gasteiger partial charge on any atom is -0.431 e. The van der Waals surface area contributed by atoms with E-state index in [1.807, 2.05) is 32.3 Å². The lowest BCUT2D eigenvalue weighted by molar-refractivity contribution is 0.444. The number of nitrogens with zero attached hydrogens (tertiary/aromatic N) is 1. The molecule has 0 saturated heterocycles. The van der Waals surface area contributed by atoms with E-state index in [1.165, 1.54) is 5.56 Å². The van der Waals surface area contributed by atoms with Crippen LogP contribution in [0.1, 0.15) is 25.3 Å². The second kappa shape index (κ2) is 5.12. The minimum absolute atomic E-state index is 0.436. The summed E-state index contributed by atoms with van der Waals surface area (Å²) in [5.41, 5.74) is 1.18. The van der Waals surface area contributed by atoms with Crippen molar-refractivity contribution in [3.05, 3.63) is 29.8 Å². The normalized spacial score (nSPS) is 10.2. The van der Waals surface area contributed by atoms with Crippen LogP contribution in [0.2, 0.25) is 0 Å². The molecule has 0 heterocycles. The highest BCUT2D eigenvalue weighted by Gasteiger charge is 2.09. The highest BCUT2D eigenvalue weighted by Crippen LogP contribution is 2.26. The van der Waals surface area contributed by atoms with E-state index in [0.29, 0.717) is 11.1 Å². The van der Waals surface area contributed by atoms with Crippen LogP contribution in [-0.4, -0.2) is 24.2 Å². The Balaban J connectivity index is 2.89. The monoisotopic (exact) mass is 223 g/mol. The first-order valence-corrected chi connectivity index (χ1v) is 5.41. The summed E-state index contributed by atoms with van der Waals surface area (Å²) >= 11 is 5.11. The van der Waals surface area contributed by atoms with E-state index in [9.17, 15) is 0 Å². The molecule has 0 aliphatic heterocycles. The molecule has 15 heavy (non-hydrogen) atoms. The minimum atomic E-state index is 0.436. The van der Waals surface area contributed by atoms with Gasteiger partial charge < -0.3 is 9.64 Å². The van der Waals surface area contributed by atoms with E-state index in [4.69, 9.17) is 17.0 Å². The smallest absolute Gasteiger partial charge is 0.264 e. The summed E-state index contributed by atoms with van der Waals surface area (Å²) in [7, 11) is 3.75. The Morgan fingerprint density at radius 2 is 1.87 bits per heavy atom. The average Bonchev–Trinajstić information content (AvgIpc) is 2.18. The van der Waals surface area contributed by atoms with E-state index in [1.54, 1.807) is 4.90 Å². The van der Waals surface area contributed by atoms with Gasteiger partial charge in [0, 0.05) is 14.1 Å². The van der Waals surface area contributed by atoms with Gasteiger partial charge in [-0.25, -0.2) is 0 Å². The Labute approximate surface area is 96.9 Å². The quantitative estimate of drug-likeness (QED) is 0.715. The van der Waals surface area contributed by atoms with E-state index in [2.05, 4.69) is 19.9 Å². The maximum absolute atomic E-state index is 5.63. The van der Waals surface area contributed by atoms with Gasteiger partial charge in [-0.05, 0) is 29.8 Å². The van der Waals surface area contributed by atoms with Gasteiger partial charge in [-0.3, -0.25) is 0 Å². The summed E-state index contributed by atoms with van der Waals surface area (Å²) in [5.74, 6) is 1.29. The molecule has 0 unspecified atom stereocenters. The standard InChI is InChI=1S/C12H17NOS/c1-9(2)10-7-5-6-8-11(10)14-12(15)13(3)4/h5-9H,1-4H3.